The van der Waals surface area contributed by atoms with Gasteiger partial charge in [0.25, 0.3) is 0 Å². The Morgan fingerprint density at radius 2 is 1.74 bits per heavy atom. The van der Waals surface area contributed by atoms with E-state index in [0.29, 0.717) is 6.04 Å². The lowest BCUT2D eigenvalue weighted by molar-refractivity contribution is 0.229. The third kappa shape index (κ3) is 4.71. The van der Waals surface area contributed by atoms with Crippen LogP contribution < -0.4 is 9.47 Å². The van der Waals surface area contributed by atoms with E-state index in [1.165, 1.54) is 47.6 Å². The summed E-state index contributed by atoms with van der Waals surface area (Å²) < 4.78 is 11.5. The monoisotopic (exact) mass is 415 g/mol. The molecule has 1 aliphatic rings. The molecule has 3 heteroatoms. The van der Waals surface area contributed by atoms with Gasteiger partial charge in [-0.15, -0.1) is 0 Å². The summed E-state index contributed by atoms with van der Waals surface area (Å²) in [5.41, 5.74) is 3.53. The van der Waals surface area contributed by atoms with E-state index in [1.54, 1.807) is 7.11 Å². The number of ether oxygens (including phenoxy) is 2. The van der Waals surface area contributed by atoms with E-state index >= 15 is 0 Å². The summed E-state index contributed by atoms with van der Waals surface area (Å²) in [4.78, 5) is 2.51. The Morgan fingerprint density at radius 3 is 2.48 bits per heavy atom. The van der Waals surface area contributed by atoms with Gasteiger partial charge in [0.1, 0.15) is 0 Å². The molecule has 0 bridgehead atoms. The van der Waals surface area contributed by atoms with Gasteiger partial charge in [-0.2, -0.15) is 0 Å². The standard InChI is InChI=1S/C28H33NO2/c1-20(2)31-28-18-22(16-17-27(28)30-4)19-29(24-12-6-7-13-24)21(3)25-15-9-11-23-10-5-8-14-26(23)25/h5,8-11,14-18,20,24H,3,6-7,12-13,19H2,1-2,4H3. The van der Waals surface area contributed by atoms with E-state index in [1.807, 2.05) is 19.9 Å². The van der Waals surface area contributed by atoms with Crippen molar-refractivity contribution in [1.29, 1.82) is 0 Å². The lowest BCUT2D eigenvalue weighted by Gasteiger charge is -2.34. The molecule has 0 N–H and O–H groups in total. The third-order valence-corrected chi connectivity index (χ3v) is 6.16. The maximum atomic E-state index is 6.02. The summed E-state index contributed by atoms with van der Waals surface area (Å²) in [6, 6.07) is 21.9. The van der Waals surface area contributed by atoms with Crippen LogP contribution in [0.5, 0.6) is 11.5 Å². The summed E-state index contributed by atoms with van der Waals surface area (Å²) in [7, 11) is 1.69. The maximum absolute atomic E-state index is 6.02. The molecule has 0 spiro atoms. The zero-order valence-electron chi connectivity index (χ0n) is 18.9. The first-order valence-corrected chi connectivity index (χ1v) is 11.3. The smallest absolute Gasteiger partial charge is 0.161 e. The zero-order chi connectivity index (χ0) is 21.8. The van der Waals surface area contributed by atoms with Crippen molar-refractivity contribution >= 4 is 16.5 Å². The zero-order valence-corrected chi connectivity index (χ0v) is 18.9. The molecule has 0 heterocycles. The van der Waals surface area contributed by atoms with Crippen molar-refractivity contribution in [2.75, 3.05) is 7.11 Å². The van der Waals surface area contributed by atoms with E-state index in [2.05, 4.69) is 66.1 Å². The molecule has 0 unspecified atom stereocenters. The fourth-order valence-corrected chi connectivity index (χ4v) is 4.65. The normalized spacial score (nSPS) is 14.2. The summed E-state index contributed by atoms with van der Waals surface area (Å²) in [5, 5.41) is 2.51. The van der Waals surface area contributed by atoms with E-state index in [4.69, 9.17) is 9.47 Å². The molecule has 3 nitrogen and oxygen atoms in total. The fourth-order valence-electron chi connectivity index (χ4n) is 4.65. The summed E-state index contributed by atoms with van der Waals surface area (Å²) in [6.45, 7) is 9.48. The van der Waals surface area contributed by atoms with Gasteiger partial charge >= 0.3 is 0 Å². The maximum Gasteiger partial charge on any atom is 0.161 e. The highest BCUT2D eigenvalue weighted by Gasteiger charge is 2.25. The van der Waals surface area contributed by atoms with E-state index in [9.17, 15) is 0 Å². The molecule has 1 fully saturated rings. The minimum absolute atomic E-state index is 0.0979. The van der Waals surface area contributed by atoms with Crippen molar-refractivity contribution < 1.29 is 9.47 Å². The number of rotatable bonds is 8. The van der Waals surface area contributed by atoms with Gasteiger partial charge in [0.05, 0.1) is 13.2 Å². The van der Waals surface area contributed by atoms with Crippen LogP contribution in [0.4, 0.5) is 0 Å². The van der Waals surface area contributed by atoms with Crippen LogP contribution in [0.25, 0.3) is 16.5 Å². The second kappa shape index (κ2) is 9.47. The Morgan fingerprint density at radius 1 is 1.00 bits per heavy atom. The van der Waals surface area contributed by atoms with Crippen molar-refractivity contribution in [2.24, 2.45) is 0 Å². The molecule has 3 aromatic carbocycles. The summed E-state index contributed by atoms with van der Waals surface area (Å²) in [5.74, 6) is 1.58. The van der Waals surface area contributed by atoms with E-state index in [0.717, 1.165) is 23.7 Å². The molecule has 0 amide bonds. The summed E-state index contributed by atoms with van der Waals surface area (Å²) in [6.07, 6.45) is 5.11. The molecular weight excluding hydrogens is 382 g/mol. The van der Waals surface area contributed by atoms with Crippen molar-refractivity contribution in [2.45, 2.75) is 58.2 Å². The molecule has 31 heavy (non-hydrogen) atoms. The quantitative estimate of drug-likeness (QED) is 0.393. The highest BCUT2D eigenvalue weighted by molar-refractivity contribution is 5.93. The second-order valence-corrected chi connectivity index (χ2v) is 8.69. The molecule has 0 radical (unpaired) electrons. The average molecular weight is 416 g/mol. The van der Waals surface area contributed by atoms with Crippen LogP contribution in [0.1, 0.15) is 50.7 Å². The summed E-state index contributed by atoms with van der Waals surface area (Å²) >= 11 is 0. The van der Waals surface area contributed by atoms with Gasteiger partial charge in [-0.05, 0) is 55.2 Å². The van der Waals surface area contributed by atoms with Crippen molar-refractivity contribution in [3.05, 3.63) is 78.4 Å². The van der Waals surface area contributed by atoms with Crippen LogP contribution in [0.15, 0.2) is 67.2 Å². The first-order chi connectivity index (χ1) is 15.1. The lowest BCUT2D eigenvalue weighted by Crippen LogP contribution is -2.31. The minimum atomic E-state index is 0.0979. The average Bonchev–Trinajstić information content (AvgIpc) is 3.31. The van der Waals surface area contributed by atoms with Crippen LogP contribution in [0.3, 0.4) is 0 Å². The fraction of sp³-hybridized carbons (Fsp3) is 0.357. The number of hydrogen-bond acceptors (Lipinski definition) is 3. The Labute approximate surface area is 186 Å². The minimum Gasteiger partial charge on any atom is -0.493 e. The van der Waals surface area contributed by atoms with Crippen molar-refractivity contribution in [3.63, 3.8) is 0 Å². The van der Waals surface area contributed by atoms with Crippen LogP contribution >= 0.6 is 0 Å². The molecular formula is C28H33NO2. The van der Waals surface area contributed by atoms with Gasteiger partial charge in [-0.1, -0.05) is 68.0 Å². The topological polar surface area (TPSA) is 21.7 Å². The molecule has 4 rings (SSSR count). The van der Waals surface area contributed by atoms with Gasteiger partial charge in [0.2, 0.25) is 0 Å². The molecule has 1 aliphatic carbocycles. The lowest BCUT2D eigenvalue weighted by atomic mass is 10.00. The Hall–Kier alpha value is -2.94. The van der Waals surface area contributed by atoms with Gasteiger partial charge in [0.15, 0.2) is 11.5 Å². The first kappa shape index (κ1) is 21.3. The van der Waals surface area contributed by atoms with Crippen LogP contribution in [0.2, 0.25) is 0 Å². The number of hydrogen-bond donors (Lipinski definition) is 0. The largest absolute Gasteiger partial charge is 0.493 e. The SMILES string of the molecule is C=C(c1cccc2ccccc12)N(Cc1ccc(OC)c(OC(C)C)c1)C1CCCC1. The number of methoxy groups -OCH3 is 1. The Bertz CT molecular complexity index is 1040. The molecule has 0 saturated heterocycles. The Balaban J connectivity index is 1.68. The number of benzene rings is 3. The molecule has 162 valence electrons. The van der Waals surface area contributed by atoms with Crippen LogP contribution in [-0.2, 0) is 6.54 Å². The Kier molecular flexibility index (Phi) is 6.50. The molecule has 0 atom stereocenters. The molecule has 0 aromatic heterocycles. The highest BCUT2D eigenvalue weighted by atomic mass is 16.5. The van der Waals surface area contributed by atoms with E-state index in [-0.39, 0.29) is 6.10 Å². The van der Waals surface area contributed by atoms with Gasteiger partial charge in [0, 0.05) is 23.8 Å². The molecule has 0 aliphatic heterocycles. The molecule has 1 saturated carbocycles. The van der Waals surface area contributed by atoms with E-state index < -0.39 is 0 Å². The van der Waals surface area contributed by atoms with Crippen LogP contribution in [0, 0.1) is 0 Å². The predicted molar refractivity (Wildman–Crippen MR) is 130 cm³/mol. The second-order valence-electron chi connectivity index (χ2n) is 8.69. The van der Waals surface area contributed by atoms with Gasteiger partial charge in [-0.25, -0.2) is 0 Å². The number of fused-ring (bicyclic) bond motifs is 1. The van der Waals surface area contributed by atoms with Crippen LogP contribution in [-0.4, -0.2) is 24.2 Å². The third-order valence-electron chi connectivity index (χ3n) is 6.16. The first-order valence-electron chi connectivity index (χ1n) is 11.3. The predicted octanol–water partition coefficient (Wildman–Crippen LogP) is 7.05. The van der Waals surface area contributed by atoms with Gasteiger partial charge in [-0.3, -0.25) is 0 Å². The van der Waals surface area contributed by atoms with Crippen molar-refractivity contribution in [3.8, 4) is 11.5 Å². The van der Waals surface area contributed by atoms with Crippen molar-refractivity contribution in [1.82, 2.24) is 4.90 Å². The number of nitrogens with zero attached hydrogens (tertiary/aromatic N) is 1. The van der Waals surface area contributed by atoms with Gasteiger partial charge < -0.3 is 14.4 Å². The highest BCUT2D eigenvalue weighted by Crippen LogP contribution is 2.36. The molecule has 3 aromatic rings.